The van der Waals surface area contributed by atoms with Crippen molar-refractivity contribution >= 4 is 41.2 Å². The third-order valence-corrected chi connectivity index (χ3v) is 3.51. The van der Waals surface area contributed by atoms with E-state index in [2.05, 4.69) is 5.32 Å². The molecule has 2 heterocycles. The molecule has 1 aliphatic heterocycles. The maximum Gasteiger partial charge on any atom is 0.335 e. The number of urea groups is 1. The van der Waals surface area contributed by atoms with Crippen LogP contribution in [0.1, 0.15) is 5.76 Å². The summed E-state index contributed by atoms with van der Waals surface area (Å²) >= 11 is 5.81. The van der Waals surface area contributed by atoms with Crippen LogP contribution in [0.15, 0.2) is 64.8 Å². The zero-order valence-corrected chi connectivity index (χ0v) is 13.0. The van der Waals surface area contributed by atoms with Crippen LogP contribution in [0, 0.1) is 0 Å². The highest BCUT2D eigenvalue weighted by molar-refractivity contribution is 6.37. The van der Waals surface area contributed by atoms with Crippen LogP contribution >= 0.6 is 11.6 Å². The van der Waals surface area contributed by atoms with Crippen molar-refractivity contribution in [1.29, 1.82) is 0 Å². The quantitative estimate of drug-likeness (QED) is 0.686. The number of rotatable bonds is 3. The molecule has 0 saturated carbocycles. The number of hydrogen-bond donors (Lipinski definition) is 1. The number of halogens is 1. The summed E-state index contributed by atoms with van der Waals surface area (Å²) in [5, 5.41) is 2.60. The van der Waals surface area contributed by atoms with Gasteiger partial charge in [0, 0.05) is 5.02 Å². The molecule has 0 unspecified atom stereocenters. The van der Waals surface area contributed by atoms with Crippen LogP contribution in [-0.4, -0.2) is 17.8 Å². The molecule has 6 nitrogen and oxygen atoms in total. The van der Waals surface area contributed by atoms with Crippen molar-refractivity contribution in [1.82, 2.24) is 5.32 Å². The number of furan rings is 1. The van der Waals surface area contributed by atoms with Gasteiger partial charge >= 0.3 is 6.03 Å². The van der Waals surface area contributed by atoms with Crippen LogP contribution in [0.3, 0.4) is 0 Å². The van der Waals surface area contributed by atoms with Gasteiger partial charge in [-0.1, -0.05) is 17.7 Å². The van der Waals surface area contributed by atoms with E-state index in [4.69, 9.17) is 16.0 Å². The van der Waals surface area contributed by atoms with Crippen LogP contribution in [0.5, 0.6) is 0 Å². The van der Waals surface area contributed by atoms with Crippen molar-refractivity contribution in [2.24, 2.45) is 0 Å². The maximum absolute atomic E-state index is 12.5. The average molecular weight is 343 g/mol. The van der Waals surface area contributed by atoms with Crippen LogP contribution in [-0.2, 0) is 9.59 Å². The largest absolute Gasteiger partial charge is 0.465 e. The summed E-state index contributed by atoms with van der Waals surface area (Å²) in [4.78, 5) is 37.3. The molecule has 0 spiro atoms. The first kappa shape index (κ1) is 15.8. The van der Waals surface area contributed by atoms with Gasteiger partial charge in [-0.05, 0) is 48.6 Å². The highest BCUT2D eigenvalue weighted by Gasteiger charge is 2.36. The van der Waals surface area contributed by atoms with Crippen molar-refractivity contribution in [2.75, 3.05) is 4.90 Å². The fourth-order valence-corrected chi connectivity index (χ4v) is 2.25. The number of carbonyl (C=O) groups excluding carboxylic acids is 3. The van der Waals surface area contributed by atoms with E-state index in [9.17, 15) is 14.4 Å². The Morgan fingerprint density at radius 1 is 1.08 bits per heavy atom. The monoisotopic (exact) mass is 342 g/mol. The molecule has 24 heavy (non-hydrogen) atoms. The number of benzene rings is 1. The van der Waals surface area contributed by atoms with Crippen LogP contribution in [0.4, 0.5) is 10.5 Å². The fraction of sp³-hybridized carbons (Fsp3) is 0. The molecule has 3 rings (SSSR count). The van der Waals surface area contributed by atoms with E-state index in [0.29, 0.717) is 16.5 Å². The molecule has 4 amide bonds. The minimum absolute atomic E-state index is 0.160. The molecule has 2 aromatic rings. The molecule has 1 saturated heterocycles. The zero-order chi connectivity index (χ0) is 17.1. The second-order valence-electron chi connectivity index (χ2n) is 4.83. The molecule has 1 aliphatic rings. The minimum atomic E-state index is -0.806. The number of barbiturate groups is 1. The van der Waals surface area contributed by atoms with Crippen LogP contribution < -0.4 is 10.2 Å². The SMILES string of the molecule is O=C1NC(=O)N(c2ccc(Cl)cc2)C(=O)/C1=C\C=C\c1ccco1. The lowest BCUT2D eigenvalue weighted by Gasteiger charge is -2.26. The molecular formula is C17H11ClN2O4. The lowest BCUT2D eigenvalue weighted by Crippen LogP contribution is -2.54. The second-order valence-corrected chi connectivity index (χ2v) is 5.27. The molecule has 0 aliphatic carbocycles. The number of anilines is 1. The molecule has 0 atom stereocenters. The number of allylic oxidation sites excluding steroid dienone is 2. The van der Waals surface area contributed by atoms with E-state index in [-0.39, 0.29) is 5.57 Å². The van der Waals surface area contributed by atoms with E-state index < -0.39 is 17.8 Å². The molecule has 0 bridgehead atoms. The van der Waals surface area contributed by atoms with Gasteiger partial charge in [-0.2, -0.15) is 0 Å². The first-order chi connectivity index (χ1) is 11.6. The second kappa shape index (κ2) is 6.55. The Morgan fingerprint density at radius 3 is 2.50 bits per heavy atom. The number of nitrogens with one attached hydrogen (secondary N) is 1. The molecule has 120 valence electrons. The van der Waals surface area contributed by atoms with Crippen molar-refractivity contribution in [3.05, 3.63) is 71.2 Å². The lowest BCUT2D eigenvalue weighted by molar-refractivity contribution is -0.122. The summed E-state index contributed by atoms with van der Waals surface area (Å²) in [7, 11) is 0. The van der Waals surface area contributed by atoms with E-state index >= 15 is 0 Å². The Kier molecular flexibility index (Phi) is 4.31. The van der Waals surface area contributed by atoms with Gasteiger partial charge in [-0.3, -0.25) is 14.9 Å². The Hall–Kier alpha value is -3.12. The predicted octanol–water partition coefficient (Wildman–Crippen LogP) is 3.16. The van der Waals surface area contributed by atoms with Gasteiger partial charge in [0.25, 0.3) is 11.8 Å². The van der Waals surface area contributed by atoms with E-state index in [1.807, 2.05) is 0 Å². The highest BCUT2D eigenvalue weighted by atomic mass is 35.5. The lowest BCUT2D eigenvalue weighted by atomic mass is 10.1. The van der Waals surface area contributed by atoms with Crippen LogP contribution in [0.25, 0.3) is 6.08 Å². The smallest absolute Gasteiger partial charge is 0.335 e. The van der Waals surface area contributed by atoms with Crippen LogP contribution in [0.2, 0.25) is 5.02 Å². The number of hydrogen-bond acceptors (Lipinski definition) is 4. The van der Waals surface area contributed by atoms with E-state index in [1.54, 1.807) is 30.3 Å². The van der Waals surface area contributed by atoms with Gasteiger partial charge < -0.3 is 4.42 Å². The Bertz CT molecular complexity index is 851. The summed E-state index contributed by atoms with van der Waals surface area (Å²) in [6, 6.07) is 8.77. The first-order valence-corrected chi connectivity index (χ1v) is 7.31. The summed E-state index contributed by atoms with van der Waals surface area (Å²) in [6.45, 7) is 0. The molecule has 1 aromatic heterocycles. The van der Waals surface area contributed by atoms with Crippen molar-refractivity contribution < 1.29 is 18.8 Å². The number of imide groups is 2. The summed E-state index contributed by atoms with van der Waals surface area (Å²) in [5.41, 5.74) is 0.155. The van der Waals surface area contributed by atoms with Gasteiger partial charge in [0.1, 0.15) is 11.3 Å². The minimum Gasteiger partial charge on any atom is -0.465 e. The molecule has 1 aromatic carbocycles. The van der Waals surface area contributed by atoms with Gasteiger partial charge in [-0.25, -0.2) is 9.69 Å². The molecule has 1 N–H and O–H groups in total. The zero-order valence-electron chi connectivity index (χ0n) is 12.2. The van der Waals surface area contributed by atoms with E-state index in [0.717, 1.165) is 4.90 Å². The molecule has 0 radical (unpaired) electrons. The Morgan fingerprint density at radius 2 is 1.83 bits per heavy atom. The third kappa shape index (κ3) is 3.13. The third-order valence-electron chi connectivity index (χ3n) is 3.25. The number of amides is 4. The summed E-state index contributed by atoms with van der Waals surface area (Å²) < 4.78 is 5.12. The molecular weight excluding hydrogens is 332 g/mol. The van der Waals surface area contributed by atoms with Gasteiger partial charge in [0.05, 0.1) is 12.0 Å². The van der Waals surface area contributed by atoms with E-state index in [1.165, 1.54) is 30.5 Å². The first-order valence-electron chi connectivity index (χ1n) is 6.93. The number of carbonyl (C=O) groups is 3. The van der Waals surface area contributed by atoms with Crippen molar-refractivity contribution in [3.63, 3.8) is 0 Å². The number of nitrogens with zero attached hydrogens (tertiary/aromatic N) is 1. The predicted molar refractivity (Wildman–Crippen MR) is 88.3 cm³/mol. The fourth-order valence-electron chi connectivity index (χ4n) is 2.13. The maximum atomic E-state index is 12.5. The Labute approximate surface area is 142 Å². The topological polar surface area (TPSA) is 79.6 Å². The molecule has 7 heteroatoms. The van der Waals surface area contributed by atoms with Gasteiger partial charge in [0.2, 0.25) is 0 Å². The summed E-state index contributed by atoms with van der Waals surface area (Å²) in [5.74, 6) is -0.893. The average Bonchev–Trinajstić information content (AvgIpc) is 3.05. The Balaban J connectivity index is 1.89. The summed E-state index contributed by atoms with van der Waals surface area (Å²) in [6.07, 6.45) is 5.93. The van der Waals surface area contributed by atoms with Crippen molar-refractivity contribution in [2.45, 2.75) is 0 Å². The van der Waals surface area contributed by atoms with Gasteiger partial charge in [0.15, 0.2) is 0 Å². The normalized spacial score (nSPS) is 17.0. The standard InChI is InChI=1S/C17H11ClN2O4/c18-11-6-8-12(9-7-11)20-16(22)14(15(21)19-17(20)23)5-1-3-13-4-2-10-24-13/h1-10H,(H,19,21,23)/b3-1+,14-5-. The molecule has 1 fully saturated rings. The highest BCUT2D eigenvalue weighted by Crippen LogP contribution is 2.22. The van der Waals surface area contributed by atoms with Crippen molar-refractivity contribution in [3.8, 4) is 0 Å². The van der Waals surface area contributed by atoms with Gasteiger partial charge in [-0.15, -0.1) is 0 Å².